The number of carbonyl (C=O) groups excluding carboxylic acids is 1. The Morgan fingerprint density at radius 1 is 1.53 bits per heavy atom. The number of rotatable bonds is 2. The van der Waals surface area contributed by atoms with E-state index in [1.54, 1.807) is 6.20 Å². The number of nitrogens with one attached hydrogen (secondary N) is 1. The minimum atomic E-state index is 0.0803. The highest BCUT2D eigenvalue weighted by Gasteiger charge is 2.16. The van der Waals surface area contributed by atoms with Gasteiger partial charge >= 0.3 is 0 Å². The average Bonchev–Trinajstić information content (AvgIpc) is 2.22. The molecule has 15 heavy (non-hydrogen) atoms. The monoisotopic (exact) mass is 206 g/mol. The van der Waals surface area contributed by atoms with Crippen LogP contribution in [0.1, 0.15) is 5.69 Å². The van der Waals surface area contributed by atoms with Crippen LogP contribution in [0.5, 0.6) is 0 Å². The van der Waals surface area contributed by atoms with E-state index in [4.69, 9.17) is 5.73 Å². The quantitative estimate of drug-likeness (QED) is 0.690. The Morgan fingerprint density at radius 3 is 3.07 bits per heavy atom. The van der Waals surface area contributed by atoms with Crippen LogP contribution in [0.4, 0.5) is 5.69 Å². The van der Waals surface area contributed by atoms with Gasteiger partial charge in [-0.2, -0.15) is 0 Å². The number of carbonyl (C=O) groups is 1. The molecule has 1 aromatic rings. The van der Waals surface area contributed by atoms with Gasteiger partial charge in [0.1, 0.15) is 0 Å². The van der Waals surface area contributed by atoms with Crippen molar-refractivity contribution < 1.29 is 4.79 Å². The molecule has 3 N–H and O–H groups in total. The third-order valence-corrected chi connectivity index (χ3v) is 2.35. The van der Waals surface area contributed by atoms with Crippen molar-refractivity contribution in [3.05, 3.63) is 24.0 Å². The minimum absolute atomic E-state index is 0.0803. The second-order valence-electron chi connectivity index (χ2n) is 3.64. The van der Waals surface area contributed by atoms with Crippen molar-refractivity contribution in [3.8, 4) is 0 Å². The van der Waals surface area contributed by atoms with E-state index in [0.29, 0.717) is 25.3 Å². The SMILES string of the molecule is Nc1ccc(CN2CCNC(=O)C2)nc1. The van der Waals surface area contributed by atoms with Gasteiger partial charge in [0, 0.05) is 19.6 Å². The second kappa shape index (κ2) is 4.27. The molecule has 0 atom stereocenters. The zero-order valence-electron chi connectivity index (χ0n) is 8.44. The molecule has 2 heterocycles. The lowest BCUT2D eigenvalue weighted by atomic mass is 10.3. The van der Waals surface area contributed by atoms with Gasteiger partial charge in [0.15, 0.2) is 0 Å². The molecule has 0 aliphatic carbocycles. The van der Waals surface area contributed by atoms with E-state index in [2.05, 4.69) is 15.2 Å². The molecule has 0 unspecified atom stereocenters. The number of pyridine rings is 1. The van der Waals surface area contributed by atoms with E-state index in [1.807, 2.05) is 12.1 Å². The number of nitrogens with two attached hydrogens (primary N) is 1. The number of anilines is 1. The van der Waals surface area contributed by atoms with Crippen LogP contribution in [0.3, 0.4) is 0 Å². The number of hydrogen-bond acceptors (Lipinski definition) is 4. The average molecular weight is 206 g/mol. The summed E-state index contributed by atoms with van der Waals surface area (Å²) >= 11 is 0. The Morgan fingerprint density at radius 2 is 2.40 bits per heavy atom. The Balaban J connectivity index is 1.96. The summed E-state index contributed by atoms with van der Waals surface area (Å²) in [5.41, 5.74) is 7.15. The van der Waals surface area contributed by atoms with Crippen LogP contribution < -0.4 is 11.1 Å². The molecule has 1 aromatic heterocycles. The highest BCUT2D eigenvalue weighted by atomic mass is 16.2. The molecule has 1 saturated heterocycles. The van der Waals surface area contributed by atoms with Gasteiger partial charge in [-0.15, -0.1) is 0 Å². The number of nitrogens with zero attached hydrogens (tertiary/aromatic N) is 2. The molecule has 5 nitrogen and oxygen atoms in total. The summed E-state index contributed by atoms with van der Waals surface area (Å²) in [5, 5.41) is 2.79. The topological polar surface area (TPSA) is 71.2 Å². The van der Waals surface area contributed by atoms with E-state index < -0.39 is 0 Å². The van der Waals surface area contributed by atoms with Gasteiger partial charge in [-0.05, 0) is 12.1 Å². The first kappa shape index (κ1) is 9.92. The van der Waals surface area contributed by atoms with Gasteiger partial charge in [-0.25, -0.2) is 0 Å². The van der Waals surface area contributed by atoms with Gasteiger partial charge < -0.3 is 11.1 Å². The van der Waals surface area contributed by atoms with Crippen LogP contribution in [0, 0.1) is 0 Å². The van der Waals surface area contributed by atoms with Gasteiger partial charge in [0.25, 0.3) is 0 Å². The van der Waals surface area contributed by atoms with Gasteiger partial charge in [-0.3, -0.25) is 14.7 Å². The lowest BCUT2D eigenvalue weighted by molar-refractivity contribution is -0.124. The summed E-state index contributed by atoms with van der Waals surface area (Å²) in [6.45, 7) is 2.74. The Hall–Kier alpha value is -1.62. The van der Waals surface area contributed by atoms with E-state index in [9.17, 15) is 4.79 Å². The fourth-order valence-corrected chi connectivity index (χ4v) is 1.59. The summed E-state index contributed by atoms with van der Waals surface area (Å²) in [4.78, 5) is 17.4. The fraction of sp³-hybridized carbons (Fsp3) is 0.400. The zero-order chi connectivity index (χ0) is 10.7. The minimum Gasteiger partial charge on any atom is -0.397 e. The molecular formula is C10H14N4O. The zero-order valence-corrected chi connectivity index (χ0v) is 8.44. The van der Waals surface area contributed by atoms with Crippen LogP contribution in [0.25, 0.3) is 0 Å². The predicted molar refractivity (Wildman–Crippen MR) is 56.9 cm³/mol. The Labute approximate surface area is 88.3 Å². The third kappa shape index (κ3) is 2.66. The summed E-state index contributed by atoms with van der Waals surface area (Å²) < 4.78 is 0. The van der Waals surface area contributed by atoms with E-state index >= 15 is 0 Å². The Kier molecular flexibility index (Phi) is 2.82. The van der Waals surface area contributed by atoms with Crippen molar-refractivity contribution >= 4 is 11.6 Å². The van der Waals surface area contributed by atoms with Crippen LogP contribution in [0.2, 0.25) is 0 Å². The molecular weight excluding hydrogens is 192 g/mol. The summed E-state index contributed by atoms with van der Waals surface area (Å²) in [6, 6.07) is 3.72. The molecule has 1 amide bonds. The molecule has 1 aliphatic rings. The largest absolute Gasteiger partial charge is 0.397 e. The first-order chi connectivity index (χ1) is 7.24. The van der Waals surface area contributed by atoms with Crippen molar-refractivity contribution in [3.63, 3.8) is 0 Å². The first-order valence-corrected chi connectivity index (χ1v) is 4.93. The van der Waals surface area contributed by atoms with E-state index in [1.165, 1.54) is 0 Å². The van der Waals surface area contributed by atoms with Crippen molar-refractivity contribution in [2.24, 2.45) is 0 Å². The maximum absolute atomic E-state index is 11.1. The molecule has 0 saturated carbocycles. The first-order valence-electron chi connectivity index (χ1n) is 4.93. The summed E-state index contributed by atoms with van der Waals surface area (Å²) in [6.07, 6.45) is 1.64. The van der Waals surface area contributed by atoms with E-state index in [-0.39, 0.29) is 5.91 Å². The normalized spacial score (nSPS) is 17.5. The lowest BCUT2D eigenvalue weighted by Crippen LogP contribution is -2.47. The standard InChI is InChI=1S/C10H14N4O/c11-8-1-2-9(13-5-8)6-14-4-3-12-10(15)7-14/h1-2,5H,3-4,6-7,11H2,(H,12,15). The van der Waals surface area contributed by atoms with Gasteiger partial charge in [0.05, 0.1) is 24.1 Å². The predicted octanol–water partition coefficient (Wildman–Crippen LogP) is -0.404. The number of piperazine rings is 1. The van der Waals surface area contributed by atoms with Gasteiger partial charge in [0.2, 0.25) is 5.91 Å². The van der Waals surface area contributed by atoms with Crippen molar-refractivity contribution in [2.45, 2.75) is 6.54 Å². The fourth-order valence-electron chi connectivity index (χ4n) is 1.59. The Bertz CT molecular complexity index is 349. The molecule has 80 valence electrons. The molecule has 5 heteroatoms. The highest BCUT2D eigenvalue weighted by Crippen LogP contribution is 2.05. The van der Waals surface area contributed by atoms with E-state index in [0.717, 1.165) is 12.2 Å². The van der Waals surface area contributed by atoms with Crippen molar-refractivity contribution in [1.29, 1.82) is 0 Å². The second-order valence-corrected chi connectivity index (χ2v) is 3.64. The number of nitrogen functional groups attached to an aromatic ring is 1. The molecule has 0 spiro atoms. The number of hydrogen-bond donors (Lipinski definition) is 2. The van der Waals surface area contributed by atoms with Crippen molar-refractivity contribution in [1.82, 2.24) is 15.2 Å². The molecule has 1 aliphatic heterocycles. The molecule has 2 rings (SSSR count). The molecule has 1 fully saturated rings. The van der Waals surface area contributed by atoms with Crippen LogP contribution in [-0.4, -0.2) is 35.4 Å². The maximum atomic E-state index is 11.1. The number of aromatic nitrogens is 1. The number of amides is 1. The maximum Gasteiger partial charge on any atom is 0.234 e. The third-order valence-electron chi connectivity index (χ3n) is 2.35. The van der Waals surface area contributed by atoms with Gasteiger partial charge in [-0.1, -0.05) is 0 Å². The molecule has 0 bridgehead atoms. The molecule has 0 radical (unpaired) electrons. The van der Waals surface area contributed by atoms with Crippen LogP contribution in [-0.2, 0) is 11.3 Å². The molecule has 0 aromatic carbocycles. The van der Waals surface area contributed by atoms with Crippen molar-refractivity contribution in [2.75, 3.05) is 25.4 Å². The summed E-state index contributed by atoms with van der Waals surface area (Å²) in [5.74, 6) is 0.0803. The summed E-state index contributed by atoms with van der Waals surface area (Å²) in [7, 11) is 0. The van der Waals surface area contributed by atoms with Crippen LogP contribution in [0.15, 0.2) is 18.3 Å². The van der Waals surface area contributed by atoms with Crippen LogP contribution >= 0.6 is 0 Å². The lowest BCUT2D eigenvalue weighted by Gasteiger charge is -2.25. The highest BCUT2D eigenvalue weighted by molar-refractivity contribution is 5.78. The smallest absolute Gasteiger partial charge is 0.234 e.